The van der Waals surface area contributed by atoms with E-state index in [2.05, 4.69) is 28.2 Å². The van der Waals surface area contributed by atoms with Gasteiger partial charge in [0.2, 0.25) is 5.91 Å². The van der Waals surface area contributed by atoms with Gasteiger partial charge in [-0.25, -0.2) is 0 Å². The number of ether oxygens (including phenoxy) is 2. The van der Waals surface area contributed by atoms with E-state index in [9.17, 15) is 4.79 Å². The number of aromatic nitrogens is 1. The van der Waals surface area contributed by atoms with Gasteiger partial charge in [-0.15, -0.1) is 0 Å². The van der Waals surface area contributed by atoms with E-state index < -0.39 is 0 Å². The number of nitrogens with one attached hydrogen (secondary N) is 1. The van der Waals surface area contributed by atoms with Crippen LogP contribution in [0.5, 0.6) is 11.5 Å². The van der Waals surface area contributed by atoms with Crippen LogP contribution in [-0.2, 0) is 18.3 Å². The van der Waals surface area contributed by atoms with Gasteiger partial charge in [-0.3, -0.25) is 4.79 Å². The number of nitrogens with zero attached hydrogens (tertiary/aromatic N) is 1. The Kier molecular flexibility index (Phi) is 7.89. The zero-order chi connectivity index (χ0) is 24.9. The quantitative estimate of drug-likeness (QED) is 0.284. The molecule has 0 aliphatic heterocycles. The van der Waals surface area contributed by atoms with Crippen molar-refractivity contribution in [3.8, 4) is 11.5 Å². The highest BCUT2D eigenvalue weighted by atomic mass is 35.5. The monoisotopic (exact) mass is 510 g/mol. The predicted octanol–water partition coefficient (Wildman–Crippen LogP) is 6.38. The third kappa shape index (κ3) is 5.58. The van der Waals surface area contributed by atoms with Crippen molar-refractivity contribution >= 4 is 40.0 Å². The third-order valence-corrected chi connectivity index (χ3v) is 6.82. The van der Waals surface area contributed by atoms with Gasteiger partial charge in [-0.05, 0) is 53.4 Å². The van der Waals surface area contributed by atoms with Gasteiger partial charge in [0.15, 0.2) is 11.5 Å². The lowest BCUT2D eigenvalue weighted by molar-refractivity contribution is -0.121. The van der Waals surface area contributed by atoms with Gasteiger partial charge >= 0.3 is 0 Å². The second kappa shape index (κ2) is 11.1. The number of benzene rings is 3. The van der Waals surface area contributed by atoms with E-state index in [0.29, 0.717) is 34.5 Å². The summed E-state index contributed by atoms with van der Waals surface area (Å²) in [5, 5.41) is 5.37. The molecule has 4 rings (SSSR count). The zero-order valence-corrected chi connectivity index (χ0v) is 21.5. The van der Waals surface area contributed by atoms with Crippen LogP contribution in [0.1, 0.15) is 29.0 Å². The van der Waals surface area contributed by atoms with Crippen LogP contribution in [-0.4, -0.2) is 31.2 Å². The number of aryl methyl sites for hydroxylation is 1. The number of halogens is 2. The SMILES string of the molecule is COc1ccc([C@@H](CC(=O)NCCc2ccc(Cl)cc2Cl)c2cn(C)c3ccccc23)cc1OC. The lowest BCUT2D eigenvalue weighted by Gasteiger charge is -2.19. The number of hydrogen-bond donors (Lipinski definition) is 1. The maximum absolute atomic E-state index is 13.1. The molecular formula is C28H28Cl2N2O3. The fraction of sp³-hybridized carbons (Fsp3) is 0.250. The summed E-state index contributed by atoms with van der Waals surface area (Å²) in [7, 11) is 5.25. The summed E-state index contributed by atoms with van der Waals surface area (Å²) in [5.74, 6) is 1.08. The molecule has 0 saturated heterocycles. The second-order valence-electron chi connectivity index (χ2n) is 8.42. The molecule has 7 heteroatoms. The van der Waals surface area contributed by atoms with Crippen LogP contribution in [0.25, 0.3) is 10.9 Å². The Morgan fingerprint density at radius 2 is 1.77 bits per heavy atom. The summed E-state index contributed by atoms with van der Waals surface area (Å²) >= 11 is 12.3. The topological polar surface area (TPSA) is 52.5 Å². The first-order valence-corrected chi connectivity index (χ1v) is 12.1. The highest BCUT2D eigenvalue weighted by Gasteiger charge is 2.23. The van der Waals surface area contributed by atoms with Gasteiger partial charge in [0.05, 0.1) is 14.2 Å². The lowest BCUT2D eigenvalue weighted by atomic mass is 9.87. The molecule has 3 aromatic carbocycles. The summed E-state index contributed by atoms with van der Waals surface area (Å²) < 4.78 is 13.1. The van der Waals surface area contributed by atoms with Crippen molar-refractivity contribution in [3.63, 3.8) is 0 Å². The predicted molar refractivity (Wildman–Crippen MR) is 142 cm³/mol. The third-order valence-electron chi connectivity index (χ3n) is 6.23. The van der Waals surface area contributed by atoms with Gasteiger partial charge in [0.1, 0.15) is 0 Å². The maximum Gasteiger partial charge on any atom is 0.220 e. The Labute approximate surface area is 215 Å². The number of fused-ring (bicyclic) bond motifs is 1. The van der Waals surface area contributed by atoms with Crippen molar-refractivity contribution in [3.05, 3.63) is 93.6 Å². The van der Waals surface area contributed by atoms with Crippen molar-refractivity contribution in [2.24, 2.45) is 7.05 Å². The van der Waals surface area contributed by atoms with Crippen LogP contribution in [0.2, 0.25) is 10.0 Å². The Hall–Kier alpha value is -3.15. The number of carbonyl (C=O) groups is 1. The largest absolute Gasteiger partial charge is 0.493 e. The second-order valence-corrected chi connectivity index (χ2v) is 9.26. The molecule has 5 nitrogen and oxygen atoms in total. The van der Waals surface area contributed by atoms with Gasteiger partial charge < -0.3 is 19.4 Å². The molecule has 0 unspecified atom stereocenters. The molecule has 1 aromatic heterocycles. The van der Waals surface area contributed by atoms with E-state index in [1.54, 1.807) is 26.4 Å². The highest BCUT2D eigenvalue weighted by molar-refractivity contribution is 6.35. The van der Waals surface area contributed by atoms with Crippen molar-refractivity contribution in [2.75, 3.05) is 20.8 Å². The minimum Gasteiger partial charge on any atom is -0.493 e. The fourth-order valence-electron chi connectivity index (χ4n) is 4.45. The summed E-state index contributed by atoms with van der Waals surface area (Å²) in [6.45, 7) is 0.481. The Morgan fingerprint density at radius 3 is 2.51 bits per heavy atom. The van der Waals surface area contributed by atoms with Crippen LogP contribution in [0.4, 0.5) is 0 Å². The number of amides is 1. The van der Waals surface area contributed by atoms with E-state index in [1.807, 2.05) is 43.4 Å². The molecular weight excluding hydrogens is 483 g/mol. The Morgan fingerprint density at radius 1 is 1.00 bits per heavy atom. The molecule has 182 valence electrons. The lowest BCUT2D eigenvalue weighted by Crippen LogP contribution is -2.27. The Balaban J connectivity index is 1.60. The van der Waals surface area contributed by atoms with E-state index >= 15 is 0 Å². The van der Waals surface area contributed by atoms with Crippen LogP contribution >= 0.6 is 23.2 Å². The molecule has 0 fully saturated rings. The average molecular weight is 511 g/mol. The number of para-hydroxylation sites is 1. The summed E-state index contributed by atoms with van der Waals surface area (Å²) in [4.78, 5) is 13.1. The normalized spacial score (nSPS) is 11.9. The van der Waals surface area contributed by atoms with E-state index in [4.69, 9.17) is 32.7 Å². The molecule has 1 amide bonds. The molecule has 4 aromatic rings. The molecule has 0 aliphatic carbocycles. The molecule has 0 saturated carbocycles. The average Bonchev–Trinajstić information content (AvgIpc) is 3.19. The Bertz CT molecular complexity index is 1350. The van der Waals surface area contributed by atoms with E-state index in [0.717, 1.165) is 27.6 Å². The summed E-state index contributed by atoms with van der Waals surface area (Å²) in [6, 6.07) is 19.5. The highest BCUT2D eigenvalue weighted by Crippen LogP contribution is 2.38. The van der Waals surface area contributed by atoms with Crippen molar-refractivity contribution < 1.29 is 14.3 Å². The first-order valence-electron chi connectivity index (χ1n) is 11.4. The molecule has 1 N–H and O–H groups in total. The standard InChI is InChI=1S/C28H28Cl2N2O3/c1-32-17-23(21-6-4-5-7-25(21)32)22(19-9-11-26(34-2)27(14-19)35-3)16-28(33)31-13-12-18-8-10-20(29)15-24(18)30/h4-11,14-15,17,22H,12-13,16H2,1-3H3,(H,31,33)/t22-/m1/s1. The smallest absolute Gasteiger partial charge is 0.220 e. The van der Waals surface area contributed by atoms with Crippen LogP contribution in [0.15, 0.2) is 66.9 Å². The molecule has 0 aliphatic rings. The van der Waals surface area contributed by atoms with Crippen LogP contribution in [0.3, 0.4) is 0 Å². The maximum atomic E-state index is 13.1. The molecule has 35 heavy (non-hydrogen) atoms. The van der Waals surface area contributed by atoms with E-state index in [-0.39, 0.29) is 18.2 Å². The van der Waals surface area contributed by atoms with Crippen molar-refractivity contribution in [1.82, 2.24) is 9.88 Å². The number of rotatable bonds is 9. The van der Waals surface area contributed by atoms with Crippen molar-refractivity contribution in [1.29, 1.82) is 0 Å². The zero-order valence-electron chi connectivity index (χ0n) is 20.0. The minimum absolute atomic E-state index is 0.0391. The van der Waals surface area contributed by atoms with Gasteiger partial charge in [-0.2, -0.15) is 0 Å². The molecule has 0 spiro atoms. The number of methoxy groups -OCH3 is 2. The van der Waals surface area contributed by atoms with E-state index in [1.165, 1.54) is 0 Å². The number of carbonyl (C=O) groups excluding carboxylic acids is 1. The van der Waals surface area contributed by atoms with Gasteiger partial charge in [0.25, 0.3) is 0 Å². The van der Waals surface area contributed by atoms with Crippen LogP contribution in [0, 0.1) is 0 Å². The summed E-state index contributed by atoms with van der Waals surface area (Å²) in [5.41, 5.74) is 4.13. The first kappa shape index (κ1) is 25.0. The first-order chi connectivity index (χ1) is 16.9. The molecule has 1 atom stereocenters. The van der Waals surface area contributed by atoms with Crippen molar-refractivity contribution in [2.45, 2.75) is 18.8 Å². The van der Waals surface area contributed by atoms with Gasteiger partial charge in [-0.1, -0.05) is 53.5 Å². The molecule has 0 radical (unpaired) electrons. The van der Waals surface area contributed by atoms with Crippen LogP contribution < -0.4 is 14.8 Å². The fourth-order valence-corrected chi connectivity index (χ4v) is 4.95. The minimum atomic E-state index is -0.167. The molecule has 0 bridgehead atoms. The van der Waals surface area contributed by atoms with Gasteiger partial charge in [0, 0.05) is 53.1 Å². The summed E-state index contributed by atoms with van der Waals surface area (Å²) in [6.07, 6.45) is 3.02. The number of hydrogen-bond acceptors (Lipinski definition) is 3. The molecule has 1 heterocycles.